The molecule has 1 atom stereocenters. The van der Waals surface area contributed by atoms with E-state index in [1.807, 2.05) is 32.0 Å². The summed E-state index contributed by atoms with van der Waals surface area (Å²) < 4.78 is 2.18. The summed E-state index contributed by atoms with van der Waals surface area (Å²) in [4.78, 5) is 16.7. The van der Waals surface area contributed by atoms with Crippen LogP contribution in [0.15, 0.2) is 24.3 Å². The molecule has 24 heavy (non-hydrogen) atoms. The number of aryl methyl sites for hydroxylation is 1. The number of imidazole rings is 1. The van der Waals surface area contributed by atoms with Gasteiger partial charge in [0.2, 0.25) is 0 Å². The van der Waals surface area contributed by atoms with Gasteiger partial charge >= 0.3 is 6.03 Å². The predicted octanol–water partition coefficient (Wildman–Crippen LogP) is 2.30. The van der Waals surface area contributed by atoms with Crippen LogP contribution in [0.5, 0.6) is 0 Å². The average molecular weight is 332 g/mol. The average Bonchev–Trinajstić information content (AvgIpc) is 2.91. The van der Waals surface area contributed by atoms with Crippen LogP contribution in [-0.2, 0) is 13.0 Å². The van der Waals surface area contributed by atoms with Gasteiger partial charge in [-0.15, -0.1) is 0 Å². The number of carbonyl (C=O) groups excluding carboxylic acids is 1. The van der Waals surface area contributed by atoms with Crippen molar-refractivity contribution in [3.8, 4) is 0 Å². The van der Waals surface area contributed by atoms with Crippen LogP contribution in [0.25, 0.3) is 11.0 Å². The topological polar surface area (TPSA) is 79.2 Å². The predicted molar refractivity (Wildman–Crippen MR) is 96.0 cm³/mol. The number of aromatic nitrogens is 2. The van der Waals surface area contributed by atoms with Crippen LogP contribution in [0.1, 0.15) is 33.0 Å². The van der Waals surface area contributed by atoms with Crippen LogP contribution < -0.4 is 10.6 Å². The van der Waals surface area contributed by atoms with E-state index in [4.69, 9.17) is 5.11 Å². The van der Waals surface area contributed by atoms with Crippen molar-refractivity contribution in [3.05, 3.63) is 30.1 Å². The molecule has 2 rings (SSSR count). The number of hydrogen-bond donors (Lipinski definition) is 3. The van der Waals surface area contributed by atoms with Gasteiger partial charge in [0, 0.05) is 32.2 Å². The molecule has 1 aromatic carbocycles. The van der Waals surface area contributed by atoms with Gasteiger partial charge in [-0.05, 0) is 31.4 Å². The molecule has 1 aromatic heterocycles. The lowest BCUT2D eigenvalue weighted by Gasteiger charge is -2.21. The number of urea groups is 1. The largest absolute Gasteiger partial charge is 0.396 e. The molecule has 2 amide bonds. The summed E-state index contributed by atoms with van der Waals surface area (Å²) in [7, 11) is 0. The molecular weight excluding hydrogens is 304 g/mol. The molecule has 6 nitrogen and oxygen atoms in total. The molecule has 132 valence electrons. The molecule has 0 aliphatic rings. The number of rotatable bonds is 8. The maximum atomic E-state index is 12.0. The van der Waals surface area contributed by atoms with E-state index in [0.29, 0.717) is 19.4 Å². The van der Waals surface area contributed by atoms with Gasteiger partial charge in [0.05, 0.1) is 11.0 Å². The molecular formula is C18H28N4O2. The summed E-state index contributed by atoms with van der Waals surface area (Å²) in [5.74, 6) is 1.27. The van der Waals surface area contributed by atoms with Crippen molar-refractivity contribution in [2.24, 2.45) is 5.92 Å². The lowest BCUT2D eigenvalue weighted by molar-refractivity contribution is 0.219. The van der Waals surface area contributed by atoms with E-state index in [1.54, 1.807) is 0 Å². The highest BCUT2D eigenvalue weighted by Gasteiger charge is 2.15. The van der Waals surface area contributed by atoms with Gasteiger partial charge in [-0.3, -0.25) is 0 Å². The number of benzene rings is 1. The van der Waals surface area contributed by atoms with Gasteiger partial charge in [-0.1, -0.05) is 26.0 Å². The van der Waals surface area contributed by atoms with E-state index in [1.165, 1.54) is 0 Å². The van der Waals surface area contributed by atoms with E-state index in [2.05, 4.69) is 33.2 Å². The lowest BCUT2D eigenvalue weighted by Crippen LogP contribution is -2.45. The number of aliphatic hydroxyl groups is 1. The molecule has 0 saturated heterocycles. The number of aliphatic hydroxyl groups excluding tert-OH is 1. The molecule has 0 aliphatic heterocycles. The summed E-state index contributed by atoms with van der Waals surface area (Å²) in [5, 5.41) is 14.9. The quantitative estimate of drug-likeness (QED) is 0.694. The third-order valence-electron chi connectivity index (χ3n) is 4.25. The zero-order chi connectivity index (χ0) is 17.5. The highest BCUT2D eigenvalue weighted by molar-refractivity contribution is 5.76. The molecule has 2 aromatic rings. The Kier molecular flexibility index (Phi) is 6.61. The second-order valence-corrected chi connectivity index (χ2v) is 6.27. The Hall–Kier alpha value is -2.08. The standard InChI is InChI=1S/C18H28N4O2/c1-4-22-16-8-6-5-7-15(16)20-17(22)9-11-19-18(24)21-14(10-12-23)13(2)3/h5-8,13-14,23H,4,9-12H2,1-3H3,(H2,19,21,24). The number of hydrogen-bond acceptors (Lipinski definition) is 3. The van der Waals surface area contributed by atoms with Crippen LogP contribution >= 0.6 is 0 Å². The minimum Gasteiger partial charge on any atom is -0.396 e. The second-order valence-electron chi connectivity index (χ2n) is 6.27. The third-order valence-corrected chi connectivity index (χ3v) is 4.25. The molecule has 0 radical (unpaired) electrons. The first-order chi connectivity index (χ1) is 11.6. The summed E-state index contributed by atoms with van der Waals surface area (Å²) >= 11 is 0. The van der Waals surface area contributed by atoms with Crippen molar-refractivity contribution >= 4 is 17.1 Å². The SMILES string of the molecule is CCn1c(CCNC(=O)NC(CCO)C(C)C)nc2ccccc21. The Morgan fingerprint density at radius 1 is 1.33 bits per heavy atom. The van der Waals surface area contributed by atoms with Crippen LogP contribution in [0.4, 0.5) is 4.79 Å². The van der Waals surface area contributed by atoms with Crippen molar-refractivity contribution in [1.82, 2.24) is 20.2 Å². The van der Waals surface area contributed by atoms with Crippen LogP contribution in [0, 0.1) is 5.92 Å². The van der Waals surface area contributed by atoms with Crippen molar-refractivity contribution in [2.45, 2.75) is 46.2 Å². The maximum absolute atomic E-state index is 12.0. The molecule has 0 fully saturated rings. The highest BCUT2D eigenvalue weighted by atomic mass is 16.3. The maximum Gasteiger partial charge on any atom is 0.315 e. The van der Waals surface area contributed by atoms with E-state index in [-0.39, 0.29) is 24.6 Å². The van der Waals surface area contributed by atoms with Gasteiger partial charge in [0.15, 0.2) is 0 Å². The number of nitrogens with one attached hydrogen (secondary N) is 2. The molecule has 0 saturated carbocycles. The zero-order valence-corrected chi connectivity index (χ0v) is 14.7. The van der Waals surface area contributed by atoms with Gasteiger partial charge in [0.1, 0.15) is 5.82 Å². The Balaban J connectivity index is 1.91. The van der Waals surface area contributed by atoms with Crippen molar-refractivity contribution in [3.63, 3.8) is 0 Å². The number of carbonyl (C=O) groups is 1. The van der Waals surface area contributed by atoms with Crippen LogP contribution in [-0.4, -0.2) is 39.9 Å². The highest BCUT2D eigenvalue weighted by Crippen LogP contribution is 2.16. The Labute approximate surface area is 143 Å². The number of fused-ring (bicyclic) bond motifs is 1. The first-order valence-corrected chi connectivity index (χ1v) is 8.66. The summed E-state index contributed by atoms with van der Waals surface area (Å²) in [5.41, 5.74) is 2.11. The molecule has 0 bridgehead atoms. The Morgan fingerprint density at radius 3 is 2.75 bits per heavy atom. The number of nitrogens with zero attached hydrogens (tertiary/aromatic N) is 2. The summed E-state index contributed by atoms with van der Waals surface area (Å²) in [6.45, 7) is 7.62. The van der Waals surface area contributed by atoms with E-state index in [0.717, 1.165) is 23.4 Å². The smallest absolute Gasteiger partial charge is 0.315 e. The molecule has 0 aliphatic carbocycles. The van der Waals surface area contributed by atoms with E-state index in [9.17, 15) is 4.79 Å². The Bertz CT molecular complexity index is 666. The summed E-state index contributed by atoms with van der Waals surface area (Å²) in [6, 6.07) is 7.86. The third kappa shape index (κ3) is 4.47. The normalized spacial score (nSPS) is 12.5. The van der Waals surface area contributed by atoms with Gasteiger partial charge in [-0.2, -0.15) is 0 Å². The zero-order valence-electron chi connectivity index (χ0n) is 14.7. The Morgan fingerprint density at radius 2 is 2.08 bits per heavy atom. The van der Waals surface area contributed by atoms with Crippen LogP contribution in [0.3, 0.4) is 0 Å². The van der Waals surface area contributed by atoms with Crippen LogP contribution in [0.2, 0.25) is 0 Å². The fraction of sp³-hybridized carbons (Fsp3) is 0.556. The minimum atomic E-state index is -0.193. The minimum absolute atomic E-state index is 0.0183. The fourth-order valence-electron chi connectivity index (χ4n) is 2.89. The van der Waals surface area contributed by atoms with Gasteiger partial charge in [-0.25, -0.2) is 9.78 Å². The molecule has 1 unspecified atom stereocenters. The van der Waals surface area contributed by atoms with Crippen molar-refractivity contribution < 1.29 is 9.90 Å². The first kappa shape index (κ1) is 18.3. The number of para-hydroxylation sites is 2. The van der Waals surface area contributed by atoms with Gasteiger partial charge < -0.3 is 20.3 Å². The molecule has 1 heterocycles. The van der Waals surface area contributed by atoms with E-state index < -0.39 is 0 Å². The van der Waals surface area contributed by atoms with E-state index >= 15 is 0 Å². The van der Waals surface area contributed by atoms with Gasteiger partial charge in [0.25, 0.3) is 0 Å². The first-order valence-electron chi connectivity index (χ1n) is 8.66. The van der Waals surface area contributed by atoms with Crippen molar-refractivity contribution in [1.29, 1.82) is 0 Å². The molecule has 0 spiro atoms. The second kappa shape index (κ2) is 8.68. The number of amides is 2. The fourth-order valence-corrected chi connectivity index (χ4v) is 2.89. The summed E-state index contributed by atoms with van der Waals surface area (Å²) in [6.07, 6.45) is 1.25. The lowest BCUT2D eigenvalue weighted by atomic mass is 10.0. The monoisotopic (exact) mass is 332 g/mol. The molecule has 6 heteroatoms. The molecule has 3 N–H and O–H groups in total. The van der Waals surface area contributed by atoms with Crippen molar-refractivity contribution in [2.75, 3.05) is 13.2 Å².